The van der Waals surface area contributed by atoms with Gasteiger partial charge in [0, 0.05) is 5.69 Å². The highest BCUT2D eigenvalue weighted by atomic mass is 16.3. The second-order valence-electron chi connectivity index (χ2n) is 2.40. The van der Waals surface area contributed by atoms with Crippen LogP contribution >= 0.6 is 0 Å². The van der Waals surface area contributed by atoms with E-state index in [-0.39, 0.29) is 6.61 Å². The molecule has 0 radical (unpaired) electrons. The zero-order valence-corrected chi connectivity index (χ0v) is 6.66. The maximum Gasteiger partial charge on any atom is 0.139 e. The van der Waals surface area contributed by atoms with Crippen LogP contribution in [-0.2, 0) is 11.4 Å². The Morgan fingerprint density at radius 2 is 2.00 bits per heavy atom. The fourth-order valence-electron chi connectivity index (χ4n) is 0.888. The van der Waals surface area contributed by atoms with Crippen LogP contribution in [0.2, 0.25) is 0 Å². The van der Waals surface area contributed by atoms with Crippen LogP contribution in [0.25, 0.3) is 0 Å². The summed E-state index contributed by atoms with van der Waals surface area (Å²) in [5.41, 5.74) is 1.76. The first-order chi connectivity index (χ1) is 5.86. The van der Waals surface area contributed by atoms with Gasteiger partial charge in [0.1, 0.15) is 6.29 Å². The quantitative estimate of drug-likeness (QED) is 0.648. The SMILES string of the molecule is O=CCNc1ccc(CO)cc1. The average Bonchev–Trinajstić information content (AvgIpc) is 2.15. The summed E-state index contributed by atoms with van der Waals surface area (Å²) in [6.45, 7) is 0.367. The van der Waals surface area contributed by atoms with Gasteiger partial charge < -0.3 is 15.2 Å². The largest absolute Gasteiger partial charge is 0.392 e. The second-order valence-corrected chi connectivity index (χ2v) is 2.40. The van der Waals surface area contributed by atoms with E-state index in [9.17, 15) is 4.79 Å². The van der Waals surface area contributed by atoms with Crippen LogP contribution in [0.3, 0.4) is 0 Å². The monoisotopic (exact) mass is 165 g/mol. The number of aliphatic hydroxyl groups is 1. The van der Waals surface area contributed by atoms with Crippen molar-refractivity contribution < 1.29 is 9.90 Å². The molecular weight excluding hydrogens is 154 g/mol. The molecule has 0 amide bonds. The third kappa shape index (κ3) is 2.36. The molecule has 0 unspecified atom stereocenters. The van der Waals surface area contributed by atoms with Gasteiger partial charge in [0.25, 0.3) is 0 Å². The first kappa shape index (κ1) is 8.74. The van der Waals surface area contributed by atoms with Gasteiger partial charge in [-0.25, -0.2) is 0 Å². The van der Waals surface area contributed by atoms with Gasteiger partial charge in [0.15, 0.2) is 0 Å². The average molecular weight is 165 g/mol. The molecule has 0 spiro atoms. The van der Waals surface area contributed by atoms with E-state index in [0.717, 1.165) is 17.5 Å². The molecule has 0 aliphatic heterocycles. The Bertz CT molecular complexity index is 243. The van der Waals surface area contributed by atoms with Crippen molar-refractivity contribution in [3.8, 4) is 0 Å². The number of nitrogens with one attached hydrogen (secondary N) is 1. The lowest BCUT2D eigenvalue weighted by molar-refractivity contribution is -0.106. The lowest BCUT2D eigenvalue weighted by Gasteiger charge is -2.02. The second kappa shape index (κ2) is 4.51. The van der Waals surface area contributed by atoms with Crippen LogP contribution in [0.1, 0.15) is 5.56 Å². The molecule has 0 saturated carbocycles. The first-order valence-corrected chi connectivity index (χ1v) is 3.74. The molecule has 0 heterocycles. The van der Waals surface area contributed by atoms with E-state index in [1.807, 2.05) is 24.3 Å². The van der Waals surface area contributed by atoms with Crippen LogP contribution in [-0.4, -0.2) is 17.9 Å². The van der Waals surface area contributed by atoms with Crippen molar-refractivity contribution in [2.45, 2.75) is 6.61 Å². The van der Waals surface area contributed by atoms with Gasteiger partial charge >= 0.3 is 0 Å². The summed E-state index contributed by atoms with van der Waals surface area (Å²) in [7, 11) is 0. The third-order valence-corrected chi connectivity index (χ3v) is 1.53. The van der Waals surface area contributed by atoms with Gasteiger partial charge in [-0.1, -0.05) is 12.1 Å². The van der Waals surface area contributed by atoms with Crippen LogP contribution in [0.4, 0.5) is 5.69 Å². The molecule has 0 fully saturated rings. The fraction of sp³-hybridized carbons (Fsp3) is 0.222. The minimum Gasteiger partial charge on any atom is -0.392 e. The number of hydrogen-bond acceptors (Lipinski definition) is 3. The zero-order valence-electron chi connectivity index (χ0n) is 6.66. The highest BCUT2D eigenvalue weighted by Crippen LogP contribution is 2.08. The number of anilines is 1. The normalized spacial score (nSPS) is 9.42. The van der Waals surface area contributed by atoms with Gasteiger partial charge in [0.05, 0.1) is 13.2 Å². The molecule has 0 aliphatic carbocycles. The summed E-state index contributed by atoms with van der Waals surface area (Å²) < 4.78 is 0. The molecular formula is C9H11NO2. The molecule has 3 heteroatoms. The minimum atomic E-state index is 0.0496. The van der Waals surface area contributed by atoms with Crippen LogP contribution < -0.4 is 5.32 Å². The Balaban J connectivity index is 2.58. The van der Waals surface area contributed by atoms with Gasteiger partial charge in [-0.05, 0) is 17.7 Å². The van der Waals surface area contributed by atoms with Crippen molar-refractivity contribution in [3.05, 3.63) is 29.8 Å². The lowest BCUT2D eigenvalue weighted by Crippen LogP contribution is -2.01. The maximum absolute atomic E-state index is 10.00. The summed E-state index contributed by atoms with van der Waals surface area (Å²) in [4.78, 5) is 10.00. The predicted molar refractivity (Wildman–Crippen MR) is 46.9 cm³/mol. The van der Waals surface area contributed by atoms with Crippen molar-refractivity contribution in [1.82, 2.24) is 0 Å². The molecule has 1 aromatic carbocycles. The van der Waals surface area contributed by atoms with E-state index in [4.69, 9.17) is 5.11 Å². The smallest absolute Gasteiger partial charge is 0.139 e. The number of rotatable bonds is 4. The maximum atomic E-state index is 10.00. The Kier molecular flexibility index (Phi) is 3.29. The Hall–Kier alpha value is -1.35. The first-order valence-electron chi connectivity index (χ1n) is 3.74. The van der Waals surface area contributed by atoms with Crippen molar-refractivity contribution in [1.29, 1.82) is 0 Å². The number of carbonyl (C=O) groups is 1. The Morgan fingerprint density at radius 3 is 2.50 bits per heavy atom. The van der Waals surface area contributed by atoms with E-state index in [0.29, 0.717) is 6.54 Å². The molecule has 1 rings (SSSR count). The Morgan fingerprint density at radius 1 is 1.33 bits per heavy atom. The van der Waals surface area contributed by atoms with Crippen molar-refractivity contribution in [3.63, 3.8) is 0 Å². The van der Waals surface area contributed by atoms with Crippen LogP contribution in [0.5, 0.6) is 0 Å². The fourth-order valence-corrected chi connectivity index (χ4v) is 0.888. The highest BCUT2D eigenvalue weighted by Gasteiger charge is 1.91. The molecule has 0 bridgehead atoms. The van der Waals surface area contributed by atoms with Gasteiger partial charge in [-0.15, -0.1) is 0 Å². The summed E-state index contributed by atoms with van der Waals surface area (Å²) in [5, 5.41) is 11.6. The third-order valence-electron chi connectivity index (χ3n) is 1.53. The van der Waals surface area contributed by atoms with Crippen LogP contribution in [0, 0.1) is 0 Å². The van der Waals surface area contributed by atoms with Gasteiger partial charge in [0.2, 0.25) is 0 Å². The summed E-state index contributed by atoms with van der Waals surface area (Å²) in [6, 6.07) is 7.28. The number of aliphatic hydroxyl groups excluding tert-OH is 1. The summed E-state index contributed by atoms with van der Waals surface area (Å²) in [6.07, 6.45) is 0.806. The van der Waals surface area contributed by atoms with Gasteiger partial charge in [-0.2, -0.15) is 0 Å². The summed E-state index contributed by atoms with van der Waals surface area (Å²) >= 11 is 0. The molecule has 0 aliphatic rings. The molecule has 0 atom stereocenters. The van der Waals surface area contributed by atoms with E-state index in [1.165, 1.54) is 0 Å². The molecule has 12 heavy (non-hydrogen) atoms. The van der Waals surface area contributed by atoms with Crippen molar-refractivity contribution in [2.75, 3.05) is 11.9 Å². The predicted octanol–water partition coefficient (Wildman–Crippen LogP) is 0.790. The number of hydrogen-bond donors (Lipinski definition) is 2. The Labute approximate surface area is 71.0 Å². The zero-order chi connectivity index (χ0) is 8.81. The number of aldehydes is 1. The van der Waals surface area contributed by atoms with Crippen molar-refractivity contribution >= 4 is 12.0 Å². The lowest BCUT2D eigenvalue weighted by atomic mass is 10.2. The molecule has 64 valence electrons. The van der Waals surface area contributed by atoms with Gasteiger partial charge in [-0.3, -0.25) is 0 Å². The number of carbonyl (C=O) groups excluding carboxylic acids is 1. The van der Waals surface area contributed by atoms with E-state index < -0.39 is 0 Å². The highest BCUT2D eigenvalue weighted by molar-refractivity contribution is 5.59. The molecule has 1 aromatic rings. The van der Waals surface area contributed by atoms with Crippen LogP contribution in [0.15, 0.2) is 24.3 Å². The standard InChI is InChI=1S/C9H11NO2/c11-6-5-10-9-3-1-8(7-12)2-4-9/h1-4,6,10,12H,5,7H2. The van der Waals surface area contributed by atoms with E-state index in [2.05, 4.69) is 5.32 Å². The topological polar surface area (TPSA) is 49.3 Å². The molecule has 0 aromatic heterocycles. The molecule has 3 nitrogen and oxygen atoms in total. The minimum absolute atomic E-state index is 0.0496. The van der Waals surface area contributed by atoms with Crippen molar-refractivity contribution in [2.24, 2.45) is 0 Å². The molecule has 2 N–H and O–H groups in total. The van der Waals surface area contributed by atoms with E-state index >= 15 is 0 Å². The molecule has 0 saturated heterocycles. The number of benzene rings is 1. The summed E-state index contributed by atoms with van der Waals surface area (Å²) in [5.74, 6) is 0. The van der Waals surface area contributed by atoms with E-state index in [1.54, 1.807) is 0 Å².